The van der Waals surface area contributed by atoms with Gasteiger partial charge in [0, 0.05) is 39.6 Å². The summed E-state index contributed by atoms with van der Waals surface area (Å²) >= 11 is 0. The van der Waals surface area contributed by atoms with Crippen LogP contribution < -0.4 is 5.73 Å². The van der Waals surface area contributed by atoms with Gasteiger partial charge in [0.15, 0.2) is 5.96 Å². The second-order valence-electron chi connectivity index (χ2n) is 4.59. The van der Waals surface area contributed by atoms with Gasteiger partial charge in [-0.2, -0.15) is 0 Å². The standard InChI is InChI=1S/C11H22N4O/c1-9(2)8-13-11(12)15-6-4-14(5-7-15)10(3)16/h9H,4-8H2,1-3H3,(H2,12,13). The van der Waals surface area contributed by atoms with E-state index in [1.54, 1.807) is 6.92 Å². The number of hydrogen-bond acceptors (Lipinski definition) is 2. The summed E-state index contributed by atoms with van der Waals surface area (Å²) in [5.74, 6) is 1.27. The van der Waals surface area contributed by atoms with Crippen LogP contribution in [-0.4, -0.2) is 54.4 Å². The minimum Gasteiger partial charge on any atom is -0.370 e. The predicted octanol–water partition coefficient (Wildman–Crippen LogP) is 0.121. The van der Waals surface area contributed by atoms with Gasteiger partial charge in [0.25, 0.3) is 0 Å². The van der Waals surface area contributed by atoms with Gasteiger partial charge >= 0.3 is 0 Å². The average molecular weight is 226 g/mol. The van der Waals surface area contributed by atoms with Crippen LogP contribution in [0, 0.1) is 5.92 Å². The van der Waals surface area contributed by atoms with E-state index in [9.17, 15) is 4.79 Å². The van der Waals surface area contributed by atoms with E-state index in [2.05, 4.69) is 18.8 Å². The van der Waals surface area contributed by atoms with Crippen LogP contribution in [0.25, 0.3) is 0 Å². The predicted molar refractivity (Wildman–Crippen MR) is 65.2 cm³/mol. The Bertz CT molecular complexity index is 267. The zero-order chi connectivity index (χ0) is 12.1. The molecular weight excluding hydrogens is 204 g/mol. The molecule has 1 fully saturated rings. The molecule has 1 aliphatic heterocycles. The number of nitrogens with two attached hydrogens (primary N) is 1. The number of carbonyl (C=O) groups is 1. The summed E-state index contributed by atoms with van der Waals surface area (Å²) in [5.41, 5.74) is 5.89. The first-order valence-corrected chi connectivity index (χ1v) is 5.81. The van der Waals surface area contributed by atoms with Gasteiger partial charge in [0.1, 0.15) is 0 Å². The lowest BCUT2D eigenvalue weighted by molar-refractivity contribution is -0.130. The summed E-state index contributed by atoms with van der Waals surface area (Å²) in [5, 5.41) is 0. The van der Waals surface area contributed by atoms with Gasteiger partial charge < -0.3 is 15.5 Å². The molecule has 5 heteroatoms. The molecule has 0 spiro atoms. The summed E-state index contributed by atoms with van der Waals surface area (Å²) < 4.78 is 0. The molecule has 2 N–H and O–H groups in total. The molecule has 92 valence electrons. The number of piperazine rings is 1. The summed E-state index contributed by atoms with van der Waals surface area (Å²) in [6, 6.07) is 0. The monoisotopic (exact) mass is 226 g/mol. The lowest BCUT2D eigenvalue weighted by atomic mass is 10.2. The van der Waals surface area contributed by atoms with Crippen LogP contribution in [0.1, 0.15) is 20.8 Å². The molecule has 0 aromatic rings. The molecule has 1 amide bonds. The maximum absolute atomic E-state index is 11.1. The van der Waals surface area contributed by atoms with E-state index in [1.807, 2.05) is 9.80 Å². The molecule has 0 aliphatic carbocycles. The summed E-state index contributed by atoms with van der Waals surface area (Å²) in [6.45, 7) is 9.65. The molecule has 0 unspecified atom stereocenters. The minimum absolute atomic E-state index is 0.136. The highest BCUT2D eigenvalue weighted by atomic mass is 16.2. The van der Waals surface area contributed by atoms with Crippen molar-refractivity contribution in [3.63, 3.8) is 0 Å². The smallest absolute Gasteiger partial charge is 0.219 e. The van der Waals surface area contributed by atoms with Crippen molar-refractivity contribution in [2.24, 2.45) is 16.6 Å². The fourth-order valence-corrected chi connectivity index (χ4v) is 1.63. The number of amides is 1. The Hall–Kier alpha value is -1.26. The van der Waals surface area contributed by atoms with E-state index in [1.165, 1.54) is 0 Å². The molecule has 0 saturated carbocycles. The van der Waals surface area contributed by atoms with Crippen molar-refractivity contribution in [1.29, 1.82) is 0 Å². The molecule has 16 heavy (non-hydrogen) atoms. The van der Waals surface area contributed by atoms with Crippen LogP contribution >= 0.6 is 0 Å². The van der Waals surface area contributed by atoms with Crippen molar-refractivity contribution in [3.8, 4) is 0 Å². The van der Waals surface area contributed by atoms with Crippen LogP contribution in [-0.2, 0) is 4.79 Å². The number of nitrogens with zero attached hydrogens (tertiary/aromatic N) is 3. The number of guanidine groups is 1. The SMILES string of the molecule is CC(=O)N1CCN(C(N)=NCC(C)C)CC1. The summed E-state index contributed by atoms with van der Waals surface area (Å²) in [7, 11) is 0. The zero-order valence-electron chi connectivity index (χ0n) is 10.4. The van der Waals surface area contributed by atoms with Crippen molar-refractivity contribution in [1.82, 2.24) is 9.80 Å². The molecule has 0 atom stereocenters. The Balaban J connectivity index is 2.41. The third kappa shape index (κ3) is 3.72. The summed E-state index contributed by atoms with van der Waals surface area (Å²) in [4.78, 5) is 19.4. The molecule has 0 bridgehead atoms. The van der Waals surface area contributed by atoms with E-state index >= 15 is 0 Å². The van der Waals surface area contributed by atoms with E-state index in [0.29, 0.717) is 11.9 Å². The molecule has 1 saturated heterocycles. The second-order valence-corrected chi connectivity index (χ2v) is 4.59. The van der Waals surface area contributed by atoms with Crippen molar-refractivity contribution >= 4 is 11.9 Å². The van der Waals surface area contributed by atoms with Gasteiger partial charge in [-0.15, -0.1) is 0 Å². The van der Waals surface area contributed by atoms with E-state index < -0.39 is 0 Å². The normalized spacial score (nSPS) is 18.1. The zero-order valence-corrected chi connectivity index (χ0v) is 10.4. The molecule has 0 aromatic heterocycles. The maximum Gasteiger partial charge on any atom is 0.219 e. The highest BCUT2D eigenvalue weighted by molar-refractivity contribution is 5.79. The van der Waals surface area contributed by atoms with Crippen molar-refractivity contribution in [3.05, 3.63) is 0 Å². The highest BCUT2D eigenvalue weighted by Crippen LogP contribution is 2.02. The van der Waals surface area contributed by atoms with Crippen molar-refractivity contribution in [2.75, 3.05) is 32.7 Å². The Kier molecular flexibility index (Phi) is 4.58. The van der Waals surface area contributed by atoms with Gasteiger partial charge in [0.05, 0.1) is 0 Å². The number of hydrogen-bond donors (Lipinski definition) is 1. The van der Waals surface area contributed by atoms with Crippen LogP contribution in [0.4, 0.5) is 0 Å². The third-order valence-corrected chi connectivity index (χ3v) is 2.67. The van der Waals surface area contributed by atoms with Crippen LogP contribution in [0.3, 0.4) is 0 Å². The molecular formula is C11H22N4O. The summed E-state index contributed by atoms with van der Waals surface area (Å²) in [6.07, 6.45) is 0. The van der Waals surface area contributed by atoms with Gasteiger partial charge in [-0.25, -0.2) is 0 Å². The van der Waals surface area contributed by atoms with Crippen LogP contribution in [0.5, 0.6) is 0 Å². The lowest BCUT2D eigenvalue weighted by Crippen LogP contribution is -2.52. The van der Waals surface area contributed by atoms with Gasteiger partial charge in [-0.3, -0.25) is 9.79 Å². The van der Waals surface area contributed by atoms with Crippen molar-refractivity contribution < 1.29 is 4.79 Å². The fourth-order valence-electron chi connectivity index (χ4n) is 1.63. The molecule has 0 radical (unpaired) electrons. The van der Waals surface area contributed by atoms with E-state index in [-0.39, 0.29) is 5.91 Å². The Labute approximate surface area is 97.3 Å². The minimum atomic E-state index is 0.136. The Morgan fingerprint density at radius 2 is 1.75 bits per heavy atom. The first-order chi connectivity index (χ1) is 7.50. The second kappa shape index (κ2) is 5.72. The van der Waals surface area contributed by atoms with Gasteiger partial charge in [-0.1, -0.05) is 13.8 Å². The Morgan fingerprint density at radius 3 is 2.19 bits per heavy atom. The molecule has 1 rings (SSSR count). The van der Waals surface area contributed by atoms with Crippen molar-refractivity contribution in [2.45, 2.75) is 20.8 Å². The van der Waals surface area contributed by atoms with Gasteiger partial charge in [0.2, 0.25) is 5.91 Å². The fraction of sp³-hybridized carbons (Fsp3) is 0.818. The molecule has 1 heterocycles. The third-order valence-electron chi connectivity index (χ3n) is 2.67. The first kappa shape index (κ1) is 12.8. The average Bonchev–Trinajstić information content (AvgIpc) is 2.26. The van der Waals surface area contributed by atoms with E-state index in [0.717, 1.165) is 32.7 Å². The molecule has 1 aliphatic rings. The number of carbonyl (C=O) groups excluding carboxylic acids is 1. The largest absolute Gasteiger partial charge is 0.370 e. The first-order valence-electron chi connectivity index (χ1n) is 5.81. The molecule has 0 aromatic carbocycles. The van der Waals surface area contributed by atoms with Crippen LogP contribution in [0.2, 0.25) is 0 Å². The quantitative estimate of drug-likeness (QED) is 0.537. The van der Waals surface area contributed by atoms with Gasteiger partial charge in [-0.05, 0) is 5.92 Å². The van der Waals surface area contributed by atoms with E-state index in [4.69, 9.17) is 5.73 Å². The van der Waals surface area contributed by atoms with Crippen LogP contribution in [0.15, 0.2) is 4.99 Å². The highest BCUT2D eigenvalue weighted by Gasteiger charge is 2.19. The Morgan fingerprint density at radius 1 is 1.25 bits per heavy atom. The molecule has 5 nitrogen and oxygen atoms in total. The number of aliphatic imine (C=N–C) groups is 1. The topological polar surface area (TPSA) is 61.9 Å². The lowest BCUT2D eigenvalue weighted by Gasteiger charge is -2.34. The maximum atomic E-state index is 11.1. The number of rotatable bonds is 2.